The molecule has 4 nitrogen and oxygen atoms in total. The molecule has 0 aromatic heterocycles. The Hall–Kier alpha value is -0.610. The fraction of sp³-hybridized carbons (Fsp3) is 0.929. The molecule has 1 heterocycles. The maximum atomic E-state index is 11.1. The predicted octanol–water partition coefficient (Wildman–Crippen LogP) is 2.27. The number of carbonyl (C=O) groups is 1. The second-order valence-corrected chi connectivity index (χ2v) is 4.79. The van der Waals surface area contributed by atoms with Crippen LogP contribution in [0.3, 0.4) is 0 Å². The molecule has 0 bridgehead atoms. The number of carbonyl (C=O) groups excluding carboxylic acids is 1. The first-order chi connectivity index (χ1) is 8.83. The van der Waals surface area contributed by atoms with Crippen LogP contribution in [0.25, 0.3) is 0 Å². The van der Waals surface area contributed by atoms with E-state index in [2.05, 4.69) is 5.32 Å². The van der Waals surface area contributed by atoms with E-state index in [1.54, 1.807) is 0 Å². The summed E-state index contributed by atoms with van der Waals surface area (Å²) in [5, 5.41) is 3.43. The van der Waals surface area contributed by atoms with Crippen molar-refractivity contribution >= 4 is 5.97 Å². The van der Waals surface area contributed by atoms with Crippen molar-refractivity contribution in [3.63, 3.8) is 0 Å². The fourth-order valence-corrected chi connectivity index (χ4v) is 2.19. The van der Waals surface area contributed by atoms with Crippen molar-refractivity contribution < 1.29 is 14.3 Å². The lowest BCUT2D eigenvalue weighted by Gasteiger charge is -2.09. The van der Waals surface area contributed by atoms with E-state index in [0.29, 0.717) is 19.1 Å². The van der Waals surface area contributed by atoms with Gasteiger partial charge in [-0.1, -0.05) is 6.42 Å². The van der Waals surface area contributed by atoms with E-state index in [-0.39, 0.29) is 5.97 Å². The maximum Gasteiger partial charge on any atom is 0.305 e. The third kappa shape index (κ3) is 7.67. The van der Waals surface area contributed by atoms with Gasteiger partial charge in [-0.3, -0.25) is 4.79 Å². The van der Waals surface area contributed by atoms with Crippen molar-refractivity contribution in [2.45, 2.75) is 58.0 Å². The molecule has 0 saturated carbocycles. The largest absolute Gasteiger partial charge is 0.466 e. The molecule has 0 aromatic rings. The van der Waals surface area contributed by atoms with Gasteiger partial charge in [-0.2, -0.15) is 0 Å². The Labute approximate surface area is 110 Å². The Kier molecular flexibility index (Phi) is 8.86. The van der Waals surface area contributed by atoms with Crippen LogP contribution in [0.5, 0.6) is 0 Å². The summed E-state index contributed by atoms with van der Waals surface area (Å²) in [5.74, 6) is -0.0659. The quantitative estimate of drug-likeness (QED) is 0.482. The van der Waals surface area contributed by atoms with Crippen LogP contribution >= 0.6 is 0 Å². The molecule has 1 rings (SSSR count). The van der Waals surface area contributed by atoms with Crippen molar-refractivity contribution in [2.75, 3.05) is 26.3 Å². The summed E-state index contributed by atoms with van der Waals surface area (Å²) in [7, 11) is 0. The lowest BCUT2D eigenvalue weighted by Crippen LogP contribution is -2.21. The van der Waals surface area contributed by atoms with Crippen molar-refractivity contribution in [1.82, 2.24) is 5.32 Å². The zero-order chi connectivity index (χ0) is 13.1. The monoisotopic (exact) mass is 257 g/mol. The van der Waals surface area contributed by atoms with Gasteiger partial charge < -0.3 is 14.8 Å². The van der Waals surface area contributed by atoms with Gasteiger partial charge in [0.1, 0.15) is 0 Å². The first-order valence-corrected chi connectivity index (χ1v) is 7.31. The highest BCUT2D eigenvalue weighted by Crippen LogP contribution is 2.14. The van der Waals surface area contributed by atoms with Crippen LogP contribution < -0.4 is 5.32 Å². The van der Waals surface area contributed by atoms with Crippen molar-refractivity contribution in [3.8, 4) is 0 Å². The van der Waals surface area contributed by atoms with Gasteiger partial charge in [-0.15, -0.1) is 0 Å². The van der Waals surface area contributed by atoms with Crippen LogP contribution in [-0.4, -0.2) is 38.4 Å². The maximum absolute atomic E-state index is 11.1. The van der Waals surface area contributed by atoms with E-state index in [1.807, 2.05) is 6.92 Å². The lowest BCUT2D eigenvalue weighted by molar-refractivity contribution is -0.143. The number of unbranched alkanes of at least 4 members (excludes halogenated alkanes) is 2. The molecule has 1 aliphatic rings. The highest BCUT2D eigenvalue weighted by atomic mass is 16.5. The zero-order valence-corrected chi connectivity index (χ0v) is 11.6. The fourth-order valence-electron chi connectivity index (χ4n) is 2.19. The Morgan fingerprint density at radius 2 is 2.22 bits per heavy atom. The number of hydrogen-bond donors (Lipinski definition) is 1. The van der Waals surface area contributed by atoms with Crippen molar-refractivity contribution in [2.24, 2.45) is 0 Å². The van der Waals surface area contributed by atoms with Crippen LogP contribution in [0.2, 0.25) is 0 Å². The number of rotatable bonds is 10. The SMILES string of the molecule is CCOC(=O)CCCCCNCCC1CCCO1. The van der Waals surface area contributed by atoms with E-state index in [1.165, 1.54) is 12.8 Å². The van der Waals surface area contributed by atoms with E-state index >= 15 is 0 Å². The molecule has 1 saturated heterocycles. The smallest absolute Gasteiger partial charge is 0.305 e. The molecule has 0 aromatic carbocycles. The summed E-state index contributed by atoms with van der Waals surface area (Å²) in [6.07, 6.45) is 7.77. The Morgan fingerprint density at radius 3 is 2.94 bits per heavy atom. The van der Waals surface area contributed by atoms with Crippen LogP contribution in [0.1, 0.15) is 51.9 Å². The minimum absolute atomic E-state index is 0.0659. The second kappa shape index (κ2) is 10.3. The minimum atomic E-state index is -0.0659. The highest BCUT2D eigenvalue weighted by molar-refractivity contribution is 5.69. The topological polar surface area (TPSA) is 47.6 Å². The number of hydrogen-bond acceptors (Lipinski definition) is 4. The van der Waals surface area contributed by atoms with Crippen LogP contribution in [0.15, 0.2) is 0 Å². The Morgan fingerprint density at radius 1 is 1.33 bits per heavy atom. The normalized spacial score (nSPS) is 19.1. The Bertz CT molecular complexity index is 215. The molecule has 18 heavy (non-hydrogen) atoms. The van der Waals surface area contributed by atoms with Gasteiger partial charge in [-0.05, 0) is 52.1 Å². The van der Waals surface area contributed by atoms with Gasteiger partial charge in [0.15, 0.2) is 0 Å². The molecule has 1 fully saturated rings. The molecule has 1 N–H and O–H groups in total. The zero-order valence-electron chi connectivity index (χ0n) is 11.6. The molecule has 4 heteroatoms. The lowest BCUT2D eigenvalue weighted by atomic mass is 10.1. The van der Waals surface area contributed by atoms with Crippen molar-refractivity contribution in [3.05, 3.63) is 0 Å². The minimum Gasteiger partial charge on any atom is -0.466 e. The van der Waals surface area contributed by atoms with Crippen LogP contribution in [-0.2, 0) is 14.3 Å². The third-order valence-corrected chi connectivity index (χ3v) is 3.21. The number of esters is 1. The molecular formula is C14H27NO3. The van der Waals surface area contributed by atoms with Crippen LogP contribution in [0, 0.1) is 0 Å². The average Bonchev–Trinajstić information content (AvgIpc) is 2.86. The molecular weight excluding hydrogens is 230 g/mol. The number of nitrogens with one attached hydrogen (secondary N) is 1. The number of ether oxygens (including phenoxy) is 2. The molecule has 1 unspecified atom stereocenters. The Balaban J connectivity index is 1.77. The summed E-state index contributed by atoms with van der Waals surface area (Å²) in [4.78, 5) is 11.1. The molecule has 0 aliphatic carbocycles. The second-order valence-electron chi connectivity index (χ2n) is 4.79. The van der Waals surface area contributed by atoms with Gasteiger partial charge >= 0.3 is 5.97 Å². The van der Waals surface area contributed by atoms with E-state index < -0.39 is 0 Å². The predicted molar refractivity (Wildman–Crippen MR) is 71.6 cm³/mol. The van der Waals surface area contributed by atoms with Gasteiger partial charge in [0.05, 0.1) is 12.7 Å². The standard InChI is InChI=1S/C14H27NO3/c1-2-17-14(16)8-4-3-5-10-15-11-9-13-7-6-12-18-13/h13,15H,2-12H2,1H3. The van der Waals surface area contributed by atoms with Gasteiger partial charge in [0.25, 0.3) is 0 Å². The first-order valence-electron chi connectivity index (χ1n) is 7.31. The van der Waals surface area contributed by atoms with Crippen LogP contribution in [0.4, 0.5) is 0 Å². The molecule has 0 radical (unpaired) electrons. The van der Waals surface area contributed by atoms with Gasteiger partial charge in [0, 0.05) is 13.0 Å². The summed E-state index contributed by atoms with van der Waals surface area (Å²) in [5.41, 5.74) is 0. The van der Waals surface area contributed by atoms with Crippen molar-refractivity contribution in [1.29, 1.82) is 0 Å². The first kappa shape index (κ1) is 15.4. The summed E-state index contributed by atoms with van der Waals surface area (Å²) >= 11 is 0. The summed E-state index contributed by atoms with van der Waals surface area (Å²) in [6.45, 7) is 5.36. The molecule has 0 spiro atoms. The highest BCUT2D eigenvalue weighted by Gasteiger charge is 2.14. The van der Waals surface area contributed by atoms with E-state index in [0.717, 1.165) is 45.4 Å². The third-order valence-electron chi connectivity index (χ3n) is 3.21. The average molecular weight is 257 g/mol. The van der Waals surface area contributed by atoms with Gasteiger partial charge in [-0.25, -0.2) is 0 Å². The van der Waals surface area contributed by atoms with E-state index in [9.17, 15) is 4.79 Å². The van der Waals surface area contributed by atoms with Gasteiger partial charge in [0.2, 0.25) is 0 Å². The molecule has 1 atom stereocenters. The molecule has 0 amide bonds. The molecule has 106 valence electrons. The van der Waals surface area contributed by atoms with E-state index in [4.69, 9.17) is 9.47 Å². The molecule has 1 aliphatic heterocycles. The summed E-state index contributed by atoms with van der Waals surface area (Å²) < 4.78 is 10.4. The summed E-state index contributed by atoms with van der Waals surface area (Å²) in [6, 6.07) is 0.